The lowest BCUT2D eigenvalue weighted by molar-refractivity contribution is -0.121. The first-order chi connectivity index (χ1) is 10.2. The predicted molar refractivity (Wildman–Crippen MR) is 86.1 cm³/mol. The van der Waals surface area contributed by atoms with Crippen molar-refractivity contribution in [2.45, 2.75) is 31.8 Å². The van der Waals surface area contributed by atoms with Crippen molar-refractivity contribution >= 4 is 16.7 Å². The van der Waals surface area contributed by atoms with Crippen molar-refractivity contribution in [2.75, 3.05) is 13.6 Å². The van der Waals surface area contributed by atoms with Gasteiger partial charge in [-0.05, 0) is 42.3 Å². The van der Waals surface area contributed by atoms with Gasteiger partial charge >= 0.3 is 0 Å². The van der Waals surface area contributed by atoms with E-state index < -0.39 is 0 Å². The van der Waals surface area contributed by atoms with Gasteiger partial charge in [0.2, 0.25) is 5.91 Å². The van der Waals surface area contributed by atoms with Gasteiger partial charge in [-0.3, -0.25) is 4.79 Å². The Kier molecular flexibility index (Phi) is 4.20. The quantitative estimate of drug-likeness (QED) is 0.883. The van der Waals surface area contributed by atoms with Crippen molar-refractivity contribution in [3.8, 4) is 0 Å². The highest BCUT2D eigenvalue weighted by molar-refractivity contribution is 5.83. The molecule has 0 bridgehead atoms. The molecule has 0 saturated heterocycles. The SMILES string of the molecule is CN(CCC(=O)NC1CC1)Cc1ccc2ccccc2c1. The normalized spacial score (nSPS) is 14.6. The number of hydrogen-bond donors (Lipinski definition) is 1. The monoisotopic (exact) mass is 282 g/mol. The van der Waals surface area contributed by atoms with Crippen LogP contribution >= 0.6 is 0 Å². The Bertz CT molecular complexity index is 634. The maximum atomic E-state index is 11.7. The van der Waals surface area contributed by atoms with E-state index in [-0.39, 0.29) is 5.91 Å². The Morgan fingerprint density at radius 1 is 1.19 bits per heavy atom. The molecule has 3 nitrogen and oxygen atoms in total. The van der Waals surface area contributed by atoms with Crippen molar-refractivity contribution in [2.24, 2.45) is 0 Å². The molecule has 1 aliphatic carbocycles. The zero-order valence-electron chi connectivity index (χ0n) is 12.5. The molecule has 1 aliphatic rings. The van der Waals surface area contributed by atoms with E-state index in [2.05, 4.69) is 59.7 Å². The summed E-state index contributed by atoms with van der Waals surface area (Å²) in [5.41, 5.74) is 1.29. The molecule has 2 aromatic rings. The molecule has 21 heavy (non-hydrogen) atoms. The maximum absolute atomic E-state index is 11.7. The van der Waals surface area contributed by atoms with Gasteiger partial charge in [0.15, 0.2) is 0 Å². The number of hydrogen-bond acceptors (Lipinski definition) is 2. The standard InChI is InChI=1S/C18H22N2O/c1-20(11-10-18(21)19-17-8-9-17)13-14-6-7-15-4-2-3-5-16(15)12-14/h2-7,12,17H,8-11,13H2,1H3,(H,19,21). The molecular weight excluding hydrogens is 260 g/mol. The van der Waals surface area contributed by atoms with Gasteiger partial charge in [-0.2, -0.15) is 0 Å². The molecule has 3 heteroatoms. The molecule has 110 valence electrons. The lowest BCUT2D eigenvalue weighted by Gasteiger charge is -2.16. The summed E-state index contributed by atoms with van der Waals surface area (Å²) in [4.78, 5) is 13.9. The van der Waals surface area contributed by atoms with Crippen LogP contribution in [0.25, 0.3) is 10.8 Å². The summed E-state index contributed by atoms with van der Waals surface area (Å²) in [7, 11) is 2.07. The van der Waals surface area contributed by atoms with E-state index in [9.17, 15) is 4.79 Å². The second kappa shape index (κ2) is 6.27. The van der Waals surface area contributed by atoms with Crippen LogP contribution in [0.3, 0.4) is 0 Å². The summed E-state index contributed by atoms with van der Waals surface area (Å²) in [5, 5.41) is 5.58. The lowest BCUT2D eigenvalue weighted by atomic mass is 10.1. The third kappa shape index (κ3) is 4.05. The number of amides is 1. The summed E-state index contributed by atoms with van der Waals surface area (Å²) in [6, 6.07) is 15.4. The van der Waals surface area contributed by atoms with Gasteiger partial charge in [0.1, 0.15) is 0 Å². The number of rotatable bonds is 6. The zero-order chi connectivity index (χ0) is 14.7. The van der Waals surface area contributed by atoms with Crippen LogP contribution in [0.5, 0.6) is 0 Å². The van der Waals surface area contributed by atoms with E-state index in [4.69, 9.17) is 0 Å². The number of nitrogens with one attached hydrogen (secondary N) is 1. The van der Waals surface area contributed by atoms with E-state index in [0.717, 1.165) is 25.9 Å². The average Bonchev–Trinajstić information content (AvgIpc) is 3.29. The van der Waals surface area contributed by atoms with Crippen molar-refractivity contribution in [1.29, 1.82) is 0 Å². The molecule has 0 heterocycles. The third-order valence-corrected chi connectivity index (χ3v) is 3.93. The van der Waals surface area contributed by atoms with Crippen LogP contribution in [0.4, 0.5) is 0 Å². The van der Waals surface area contributed by atoms with Gasteiger partial charge in [0.25, 0.3) is 0 Å². The summed E-state index contributed by atoms with van der Waals surface area (Å²) < 4.78 is 0. The Labute approximate surface area is 125 Å². The fourth-order valence-electron chi connectivity index (χ4n) is 2.55. The number of benzene rings is 2. The van der Waals surface area contributed by atoms with Gasteiger partial charge < -0.3 is 10.2 Å². The predicted octanol–water partition coefficient (Wildman–Crippen LogP) is 2.94. The Morgan fingerprint density at radius 3 is 2.71 bits per heavy atom. The molecule has 0 spiro atoms. The molecule has 0 radical (unpaired) electrons. The first-order valence-electron chi connectivity index (χ1n) is 7.66. The fourth-order valence-corrected chi connectivity index (χ4v) is 2.55. The molecule has 1 amide bonds. The van der Waals surface area contributed by atoms with Crippen molar-refractivity contribution in [3.63, 3.8) is 0 Å². The van der Waals surface area contributed by atoms with E-state index in [1.807, 2.05) is 0 Å². The molecule has 2 aromatic carbocycles. The van der Waals surface area contributed by atoms with Gasteiger partial charge in [0.05, 0.1) is 0 Å². The second-order valence-corrected chi connectivity index (χ2v) is 6.01. The van der Waals surface area contributed by atoms with Gasteiger partial charge in [0, 0.05) is 25.6 Å². The summed E-state index contributed by atoms with van der Waals surface area (Å²) >= 11 is 0. The minimum Gasteiger partial charge on any atom is -0.353 e. The molecule has 1 fully saturated rings. The van der Waals surface area contributed by atoms with E-state index in [1.165, 1.54) is 16.3 Å². The van der Waals surface area contributed by atoms with E-state index in [0.29, 0.717) is 12.5 Å². The topological polar surface area (TPSA) is 32.3 Å². The molecule has 1 saturated carbocycles. The summed E-state index contributed by atoms with van der Waals surface area (Å²) in [6.07, 6.45) is 2.89. The molecular formula is C18H22N2O. The molecule has 0 aromatic heterocycles. The molecule has 1 N–H and O–H groups in total. The zero-order valence-corrected chi connectivity index (χ0v) is 12.5. The molecule has 0 atom stereocenters. The number of carbonyl (C=O) groups is 1. The second-order valence-electron chi connectivity index (χ2n) is 6.01. The fraction of sp³-hybridized carbons (Fsp3) is 0.389. The van der Waals surface area contributed by atoms with Crippen LogP contribution in [0.15, 0.2) is 42.5 Å². The van der Waals surface area contributed by atoms with E-state index >= 15 is 0 Å². The van der Waals surface area contributed by atoms with Crippen molar-refractivity contribution in [3.05, 3.63) is 48.0 Å². The number of nitrogens with zero attached hydrogens (tertiary/aromatic N) is 1. The minimum absolute atomic E-state index is 0.183. The summed E-state index contributed by atoms with van der Waals surface area (Å²) in [6.45, 7) is 1.67. The van der Waals surface area contributed by atoms with Crippen LogP contribution < -0.4 is 5.32 Å². The van der Waals surface area contributed by atoms with Crippen LogP contribution in [-0.2, 0) is 11.3 Å². The van der Waals surface area contributed by atoms with E-state index in [1.54, 1.807) is 0 Å². The first kappa shape index (κ1) is 14.1. The van der Waals surface area contributed by atoms with Gasteiger partial charge in [-0.15, -0.1) is 0 Å². The Hall–Kier alpha value is -1.87. The van der Waals surface area contributed by atoms with Crippen LogP contribution in [0.1, 0.15) is 24.8 Å². The highest BCUT2D eigenvalue weighted by Gasteiger charge is 2.22. The van der Waals surface area contributed by atoms with Crippen LogP contribution in [-0.4, -0.2) is 30.4 Å². The van der Waals surface area contributed by atoms with Crippen molar-refractivity contribution < 1.29 is 4.79 Å². The highest BCUT2D eigenvalue weighted by Crippen LogP contribution is 2.19. The molecule has 0 unspecified atom stereocenters. The molecule has 0 aliphatic heterocycles. The van der Waals surface area contributed by atoms with Gasteiger partial charge in [-0.25, -0.2) is 0 Å². The van der Waals surface area contributed by atoms with Gasteiger partial charge in [-0.1, -0.05) is 36.4 Å². The minimum atomic E-state index is 0.183. The largest absolute Gasteiger partial charge is 0.353 e. The maximum Gasteiger partial charge on any atom is 0.221 e. The first-order valence-corrected chi connectivity index (χ1v) is 7.66. The summed E-state index contributed by atoms with van der Waals surface area (Å²) in [5.74, 6) is 0.183. The van der Waals surface area contributed by atoms with Crippen molar-refractivity contribution in [1.82, 2.24) is 10.2 Å². The number of fused-ring (bicyclic) bond motifs is 1. The third-order valence-electron chi connectivity index (χ3n) is 3.93. The highest BCUT2D eigenvalue weighted by atomic mass is 16.1. The lowest BCUT2D eigenvalue weighted by Crippen LogP contribution is -2.29. The van der Waals surface area contributed by atoms with Crippen LogP contribution in [0.2, 0.25) is 0 Å². The molecule has 3 rings (SSSR count). The Balaban J connectivity index is 1.52. The Morgan fingerprint density at radius 2 is 1.95 bits per heavy atom. The smallest absolute Gasteiger partial charge is 0.221 e. The van der Waals surface area contributed by atoms with Crippen LogP contribution in [0, 0.1) is 0 Å². The average molecular weight is 282 g/mol. The number of carbonyl (C=O) groups excluding carboxylic acids is 1.